The molecule has 0 N–H and O–H groups in total. The predicted molar refractivity (Wildman–Crippen MR) is 132 cm³/mol. The molecule has 6 nitrogen and oxygen atoms in total. The van der Waals surface area contributed by atoms with Crippen LogP contribution in [0.2, 0.25) is 15.1 Å². The number of halogens is 4. The summed E-state index contributed by atoms with van der Waals surface area (Å²) in [5.74, 6) is -0.721. The van der Waals surface area contributed by atoms with Crippen molar-refractivity contribution in [3.8, 4) is 0 Å². The molecular weight excluding hydrogens is 524 g/mol. The minimum Gasteiger partial charge on any atom is -0.336 e. The van der Waals surface area contributed by atoms with Gasteiger partial charge >= 0.3 is 0 Å². The highest BCUT2D eigenvalue weighted by Gasteiger charge is 2.31. The number of sulfonamides is 1. The van der Waals surface area contributed by atoms with Gasteiger partial charge in [0.25, 0.3) is 5.91 Å². The lowest BCUT2D eigenvalue weighted by Crippen LogP contribution is -2.48. The molecule has 0 atom stereocenters. The Morgan fingerprint density at radius 3 is 2.21 bits per heavy atom. The van der Waals surface area contributed by atoms with Crippen LogP contribution in [0.5, 0.6) is 0 Å². The van der Waals surface area contributed by atoms with Crippen molar-refractivity contribution in [1.29, 1.82) is 0 Å². The van der Waals surface area contributed by atoms with Crippen LogP contribution in [0.4, 0.5) is 4.39 Å². The molecule has 0 bridgehead atoms. The van der Waals surface area contributed by atoms with E-state index in [-0.39, 0.29) is 32.2 Å². The first-order valence-electron chi connectivity index (χ1n) is 11.1. The lowest BCUT2D eigenvalue weighted by molar-refractivity contribution is 0.0627. The smallest absolute Gasteiger partial charge is 0.255 e. The lowest BCUT2D eigenvalue weighted by atomic mass is 10.1. The summed E-state index contributed by atoms with van der Waals surface area (Å²) in [5.41, 5.74) is 0.532. The summed E-state index contributed by atoms with van der Waals surface area (Å²) in [6, 6.07) is 7.20. The van der Waals surface area contributed by atoms with Crippen LogP contribution in [0.3, 0.4) is 0 Å². The molecule has 2 saturated heterocycles. The summed E-state index contributed by atoms with van der Waals surface area (Å²) < 4.78 is 41.9. The van der Waals surface area contributed by atoms with E-state index in [0.717, 1.165) is 19.3 Å². The van der Waals surface area contributed by atoms with Gasteiger partial charge in [0.05, 0.1) is 15.6 Å². The van der Waals surface area contributed by atoms with E-state index in [0.29, 0.717) is 56.4 Å². The average Bonchev–Trinajstić information content (AvgIpc) is 2.82. The number of carbonyl (C=O) groups excluding carboxylic acids is 1. The minimum absolute atomic E-state index is 0.00120. The number of hydrogen-bond acceptors (Lipinski definition) is 4. The van der Waals surface area contributed by atoms with E-state index >= 15 is 0 Å². The molecule has 0 radical (unpaired) electrons. The van der Waals surface area contributed by atoms with Gasteiger partial charge < -0.3 is 4.90 Å². The molecule has 2 aliphatic heterocycles. The Bertz CT molecular complexity index is 1160. The Balaban J connectivity index is 1.49. The number of piperidine rings is 1. The van der Waals surface area contributed by atoms with Gasteiger partial charge in [-0.15, -0.1) is 0 Å². The third-order valence-corrected chi connectivity index (χ3v) is 9.32. The van der Waals surface area contributed by atoms with Crippen molar-refractivity contribution < 1.29 is 17.6 Å². The first-order chi connectivity index (χ1) is 16.2. The van der Waals surface area contributed by atoms with Crippen molar-refractivity contribution in [1.82, 2.24) is 14.1 Å². The number of rotatable bonds is 5. The normalized spacial score (nSPS) is 18.3. The Labute approximate surface area is 214 Å². The van der Waals surface area contributed by atoms with Crippen molar-refractivity contribution in [3.05, 3.63) is 62.3 Å². The first-order valence-corrected chi connectivity index (χ1v) is 13.7. The molecule has 34 heavy (non-hydrogen) atoms. The van der Waals surface area contributed by atoms with E-state index in [9.17, 15) is 17.6 Å². The van der Waals surface area contributed by atoms with Gasteiger partial charge in [-0.1, -0.05) is 47.3 Å². The summed E-state index contributed by atoms with van der Waals surface area (Å²) >= 11 is 18.7. The molecular formula is C23H25Cl3FN3O3S. The van der Waals surface area contributed by atoms with Crippen molar-refractivity contribution in [3.63, 3.8) is 0 Å². The highest BCUT2D eigenvalue weighted by Crippen LogP contribution is 2.32. The fraction of sp³-hybridized carbons (Fsp3) is 0.435. The maximum Gasteiger partial charge on any atom is 0.255 e. The zero-order chi connectivity index (χ0) is 24.5. The average molecular weight is 549 g/mol. The Kier molecular flexibility index (Phi) is 8.06. The standard InChI is InChI=1S/C23H25Cl3FN3O3S/c24-18-5-4-6-21(27)17(18)15-28-9-11-29(12-10-28)23(31)16-13-22(20(26)14-19(16)25)34(32,33)30-7-2-1-3-8-30/h4-6,13-14H,1-3,7-12,15H2. The molecule has 2 aromatic rings. The Morgan fingerprint density at radius 2 is 1.56 bits per heavy atom. The predicted octanol–water partition coefficient (Wildman–Crippen LogP) is 4.92. The Morgan fingerprint density at radius 1 is 0.882 bits per heavy atom. The van der Waals surface area contributed by atoms with E-state index < -0.39 is 10.0 Å². The van der Waals surface area contributed by atoms with Crippen molar-refractivity contribution in [2.75, 3.05) is 39.3 Å². The highest BCUT2D eigenvalue weighted by atomic mass is 35.5. The Hall–Kier alpha value is -1.42. The minimum atomic E-state index is -3.83. The fourth-order valence-corrected chi connectivity index (χ4v) is 6.89. The maximum atomic E-state index is 14.1. The van der Waals surface area contributed by atoms with Gasteiger partial charge in [-0.25, -0.2) is 12.8 Å². The molecule has 2 heterocycles. The molecule has 4 rings (SSSR count). The van der Waals surface area contributed by atoms with Crippen LogP contribution in [0, 0.1) is 5.82 Å². The topological polar surface area (TPSA) is 60.9 Å². The fourth-order valence-electron chi connectivity index (χ4n) is 4.32. The quantitative estimate of drug-likeness (QED) is 0.532. The largest absolute Gasteiger partial charge is 0.336 e. The second kappa shape index (κ2) is 10.7. The third kappa shape index (κ3) is 5.37. The van der Waals surface area contributed by atoms with Crippen molar-refractivity contribution in [2.45, 2.75) is 30.7 Å². The van der Waals surface area contributed by atoms with Crippen LogP contribution in [0.25, 0.3) is 0 Å². The van der Waals surface area contributed by atoms with Gasteiger partial charge in [0.1, 0.15) is 10.7 Å². The molecule has 2 aliphatic rings. The third-order valence-electron chi connectivity index (χ3n) is 6.29. The summed E-state index contributed by atoms with van der Waals surface area (Å²) in [6.45, 7) is 3.00. The van der Waals surface area contributed by atoms with Gasteiger partial charge in [0.2, 0.25) is 10.0 Å². The summed E-state index contributed by atoms with van der Waals surface area (Å²) in [7, 11) is -3.83. The van der Waals surface area contributed by atoms with Gasteiger partial charge in [-0.2, -0.15) is 4.31 Å². The van der Waals surface area contributed by atoms with Gasteiger partial charge in [0.15, 0.2) is 0 Å². The molecule has 2 fully saturated rings. The van der Waals surface area contributed by atoms with E-state index in [1.54, 1.807) is 17.0 Å². The van der Waals surface area contributed by atoms with Gasteiger partial charge in [-0.3, -0.25) is 9.69 Å². The first kappa shape index (κ1) is 25.7. The zero-order valence-electron chi connectivity index (χ0n) is 18.4. The van der Waals surface area contributed by atoms with Crippen LogP contribution in [0.15, 0.2) is 35.2 Å². The number of piperazine rings is 1. The second-order valence-electron chi connectivity index (χ2n) is 8.50. The molecule has 0 unspecified atom stereocenters. The number of nitrogens with zero attached hydrogens (tertiary/aromatic N) is 3. The van der Waals surface area contributed by atoms with Crippen LogP contribution < -0.4 is 0 Å². The number of carbonyl (C=O) groups is 1. The molecule has 0 saturated carbocycles. The lowest BCUT2D eigenvalue weighted by Gasteiger charge is -2.35. The SMILES string of the molecule is O=C(c1cc(S(=O)(=O)N2CCCCC2)c(Cl)cc1Cl)N1CCN(Cc2c(F)cccc2Cl)CC1. The van der Waals surface area contributed by atoms with Crippen LogP contribution in [-0.4, -0.2) is 67.7 Å². The number of benzene rings is 2. The molecule has 2 aromatic carbocycles. The van der Waals surface area contributed by atoms with Crippen LogP contribution in [-0.2, 0) is 16.6 Å². The van der Waals surface area contributed by atoms with E-state index in [2.05, 4.69) is 0 Å². The second-order valence-corrected chi connectivity index (χ2v) is 11.6. The summed E-state index contributed by atoms with van der Waals surface area (Å²) in [6.07, 6.45) is 2.57. The summed E-state index contributed by atoms with van der Waals surface area (Å²) in [4.78, 5) is 16.8. The molecule has 0 aromatic heterocycles. The number of hydrogen-bond donors (Lipinski definition) is 0. The molecule has 11 heteroatoms. The van der Waals surface area contributed by atoms with E-state index in [1.165, 1.54) is 22.5 Å². The van der Waals surface area contributed by atoms with Crippen molar-refractivity contribution in [2.24, 2.45) is 0 Å². The van der Waals surface area contributed by atoms with Gasteiger partial charge in [0, 0.05) is 56.4 Å². The van der Waals surface area contributed by atoms with Crippen LogP contribution >= 0.6 is 34.8 Å². The van der Waals surface area contributed by atoms with Gasteiger partial charge in [-0.05, 0) is 37.1 Å². The molecule has 0 spiro atoms. The number of amides is 1. The molecule has 1 amide bonds. The maximum absolute atomic E-state index is 14.1. The van der Waals surface area contributed by atoms with Crippen molar-refractivity contribution >= 4 is 50.7 Å². The molecule has 184 valence electrons. The highest BCUT2D eigenvalue weighted by molar-refractivity contribution is 7.89. The molecule has 0 aliphatic carbocycles. The summed E-state index contributed by atoms with van der Waals surface area (Å²) in [5, 5.41) is 0.473. The van der Waals surface area contributed by atoms with E-state index in [1.807, 2.05) is 4.90 Å². The van der Waals surface area contributed by atoms with Crippen LogP contribution in [0.1, 0.15) is 35.2 Å². The monoisotopic (exact) mass is 547 g/mol. The van der Waals surface area contributed by atoms with E-state index in [4.69, 9.17) is 34.8 Å². The zero-order valence-corrected chi connectivity index (χ0v) is 21.5.